The second-order valence-electron chi connectivity index (χ2n) is 7.63. The predicted octanol–water partition coefficient (Wildman–Crippen LogP) is 7.03. The molecule has 1 heterocycles. The Morgan fingerprint density at radius 3 is 2.49 bits per heavy atom. The van der Waals surface area contributed by atoms with E-state index in [0.717, 1.165) is 10.0 Å². The fourth-order valence-electron chi connectivity index (χ4n) is 3.61. The van der Waals surface area contributed by atoms with Crippen LogP contribution in [0.5, 0.6) is 17.2 Å². The average molecular weight is 535 g/mol. The average Bonchev–Trinajstić information content (AvgIpc) is 3.18. The number of ether oxygens (including phenoxy) is 3. The minimum absolute atomic E-state index is 0.124. The summed E-state index contributed by atoms with van der Waals surface area (Å²) in [6.07, 6.45) is 3.17. The van der Waals surface area contributed by atoms with Crippen LogP contribution >= 0.6 is 15.9 Å². The van der Waals surface area contributed by atoms with Crippen molar-refractivity contribution in [3.63, 3.8) is 0 Å². The molecule has 7 heteroatoms. The lowest BCUT2D eigenvalue weighted by Crippen LogP contribution is -2.10. The summed E-state index contributed by atoms with van der Waals surface area (Å²) in [7, 11) is 1.49. The fraction of sp³-hybridized carbons (Fsp3) is 0.143. The monoisotopic (exact) mass is 534 g/mol. The highest BCUT2D eigenvalue weighted by molar-refractivity contribution is 9.10. The molecule has 0 fully saturated rings. The Labute approximate surface area is 211 Å². The van der Waals surface area contributed by atoms with Crippen LogP contribution in [0.25, 0.3) is 17.0 Å². The number of fused-ring (bicyclic) bond motifs is 1. The molecule has 3 aromatic carbocycles. The van der Waals surface area contributed by atoms with Crippen molar-refractivity contribution in [2.75, 3.05) is 13.7 Å². The van der Waals surface area contributed by atoms with Gasteiger partial charge in [-0.3, -0.25) is 4.79 Å². The summed E-state index contributed by atoms with van der Waals surface area (Å²) in [6, 6.07) is 17.5. The number of halogens is 1. The number of methoxy groups -OCH3 is 1. The van der Waals surface area contributed by atoms with Gasteiger partial charge in [0.05, 0.1) is 13.7 Å². The van der Waals surface area contributed by atoms with Crippen molar-refractivity contribution in [3.05, 3.63) is 93.7 Å². The van der Waals surface area contributed by atoms with Crippen molar-refractivity contribution in [2.45, 2.75) is 13.8 Å². The quantitative estimate of drug-likeness (QED) is 0.104. The first kappa shape index (κ1) is 24.3. The molecule has 1 aromatic heterocycles. The van der Waals surface area contributed by atoms with E-state index >= 15 is 0 Å². The number of carbonyl (C=O) groups is 2. The molecule has 4 aromatic rings. The first-order valence-electron chi connectivity index (χ1n) is 10.9. The maximum absolute atomic E-state index is 13.1. The van der Waals surface area contributed by atoms with E-state index in [0.29, 0.717) is 46.0 Å². The molecule has 0 aliphatic carbocycles. The van der Waals surface area contributed by atoms with Crippen molar-refractivity contribution in [2.24, 2.45) is 0 Å². The van der Waals surface area contributed by atoms with Gasteiger partial charge in [0.2, 0.25) is 0 Å². The molecule has 0 radical (unpaired) electrons. The molecule has 0 atom stereocenters. The molecule has 0 spiro atoms. The third kappa shape index (κ3) is 5.46. The summed E-state index contributed by atoms with van der Waals surface area (Å²) in [6.45, 7) is 4.11. The van der Waals surface area contributed by atoms with Crippen LogP contribution in [0.2, 0.25) is 0 Å². The molecule has 0 N–H and O–H groups in total. The zero-order chi connectivity index (χ0) is 24.9. The highest BCUT2D eigenvalue weighted by Gasteiger charge is 2.22. The third-order valence-electron chi connectivity index (χ3n) is 5.30. The molecule has 178 valence electrons. The predicted molar refractivity (Wildman–Crippen MR) is 138 cm³/mol. The molecular formula is C28H23BrO6. The largest absolute Gasteiger partial charge is 0.494 e. The SMILES string of the molecule is CCOc1ccc2oc(C)c(C(=O)Oc3ccc(/C=C/C(=O)c4ccc(Br)cc4)cc3OC)c2c1. The zero-order valence-corrected chi connectivity index (χ0v) is 21.0. The Kier molecular flexibility index (Phi) is 7.36. The van der Waals surface area contributed by atoms with Gasteiger partial charge in [0.1, 0.15) is 22.7 Å². The van der Waals surface area contributed by atoms with Gasteiger partial charge in [-0.1, -0.05) is 28.1 Å². The number of rotatable bonds is 8. The Morgan fingerprint density at radius 2 is 1.77 bits per heavy atom. The van der Waals surface area contributed by atoms with Gasteiger partial charge in [-0.15, -0.1) is 0 Å². The lowest BCUT2D eigenvalue weighted by Gasteiger charge is -2.10. The Morgan fingerprint density at radius 1 is 1.00 bits per heavy atom. The van der Waals surface area contributed by atoms with Crippen molar-refractivity contribution in [3.8, 4) is 17.2 Å². The standard InChI is InChI=1S/C28H23BrO6/c1-4-33-21-11-14-24-22(16-21)27(17(2)34-24)28(31)35-25-13-6-18(15-26(25)32-3)5-12-23(30)19-7-9-20(29)10-8-19/h5-16H,4H2,1-3H3/b12-5+. The molecule has 35 heavy (non-hydrogen) atoms. The Balaban J connectivity index is 1.55. The second-order valence-corrected chi connectivity index (χ2v) is 8.54. The van der Waals surface area contributed by atoms with E-state index in [4.69, 9.17) is 18.6 Å². The molecule has 0 aliphatic rings. The van der Waals surface area contributed by atoms with Crippen LogP contribution in [-0.4, -0.2) is 25.5 Å². The van der Waals surface area contributed by atoms with Crippen molar-refractivity contribution < 1.29 is 28.2 Å². The summed E-state index contributed by atoms with van der Waals surface area (Å²) in [4.78, 5) is 25.5. The summed E-state index contributed by atoms with van der Waals surface area (Å²) in [5.74, 6) is 1.01. The third-order valence-corrected chi connectivity index (χ3v) is 5.83. The molecule has 0 saturated carbocycles. The second kappa shape index (κ2) is 10.6. The van der Waals surface area contributed by atoms with E-state index < -0.39 is 5.97 Å². The molecule has 0 aliphatic heterocycles. The van der Waals surface area contributed by atoms with Gasteiger partial charge in [-0.2, -0.15) is 0 Å². The van der Waals surface area contributed by atoms with E-state index in [1.54, 1.807) is 61.5 Å². The van der Waals surface area contributed by atoms with Gasteiger partial charge in [0.15, 0.2) is 17.3 Å². The molecule has 4 rings (SSSR count). The van der Waals surface area contributed by atoms with Crippen LogP contribution in [0.3, 0.4) is 0 Å². The first-order chi connectivity index (χ1) is 16.9. The lowest BCUT2D eigenvalue weighted by atomic mass is 10.1. The minimum atomic E-state index is -0.568. The molecule has 0 bridgehead atoms. The number of benzene rings is 3. The van der Waals surface area contributed by atoms with Crippen LogP contribution in [-0.2, 0) is 0 Å². The van der Waals surface area contributed by atoms with E-state index in [1.165, 1.54) is 13.2 Å². The number of furan rings is 1. The van der Waals surface area contributed by atoms with E-state index in [9.17, 15) is 9.59 Å². The van der Waals surface area contributed by atoms with Crippen LogP contribution in [0.15, 0.2) is 75.6 Å². The van der Waals surface area contributed by atoms with Gasteiger partial charge in [0.25, 0.3) is 0 Å². The number of aryl methyl sites for hydroxylation is 1. The van der Waals surface area contributed by atoms with Crippen molar-refractivity contribution in [1.82, 2.24) is 0 Å². The van der Waals surface area contributed by atoms with Gasteiger partial charge in [0, 0.05) is 15.4 Å². The number of hydrogen-bond acceptors (Lipinski definition) is 6. The lowest BCUT2D eigenvalue weighted by molar-refractivity contribution is 0.0729. The highest BCUT2D eigenvalue weighted by atomic mass is 79.9. The van der Waals surface area contributed by atoms with Crippen molar-refractivity contribution in [1.29, 1.82) is 0 Å². The van der Waals surface area contributed by atoms with E-state index in [2.05, 4.69) is 15.9 Å². The van der Waals surface area contributed by atoms with Crippen molar-refractivity contribution >= 4 is 44.7 Å². The number of allylic oxidation sites excluding steroid dienone is 1. The number of carbonyl (C=O) groups excluding carboxylic acids is 2. The molecule has 0 saturated heterocycles. The van der Waals surface area contributed by atoms with Gasteiger partial charge < -0.3 is 18.6 Å². The number of ketones is 1. The van der Waals surface area contributed by atoms with E-state index in [-0.39, 0.29) is 11.5 Å². The smallest absolute Gasteiger partial charge is 0.347 e. The summed E-state index contributed by atoms with van der Waals surface area (Å²) in [5, 5.41) is 0.614. The van der Waals surface area contributed by atoms with Crippen LogP contribution in [0, 0.1) is 6.92 Å². The van der Waals surface area contributed by atoms with Crippen LogP contribution in [0.1, 0.15) is 39.0 Å². The first-order valence-corrected chi connectivity index (χ1v) is 11.7. The maximum atomic E-state index is 13.1. The Hall–Kier alpha value is -3.84. The zero-order valence-electron chi connectivity index (χ0n) is 19.5. The van der Waals surface area contributed by atoms with Gasteiger partial charge >= 0.3 is 5.97 Å². The minimum Gasteiger partial charge on any atom is -0.494 e. The molecule has 0 unspecified atom stereocenters. The topological polar surface area (TPSA) is 75.0 Å². The number of hydrogen-bond donors (Lipinski definition) is 0. The summed E-state index contributed by atoms with van der Waals surface area (Å²) in [5.41, 5.74) is 2.20. The summed E-state index contributed by atoms with van der Waals surface area (Å²) < 4.78 is 23.3. The Bertz CT molecular complexity index is 1420. The summed E-state index contributed by atoms with van der Waals surface area (Å²) >= 11 is 3.36. The van der Waals surface area contributed by atoms with Gasteiger partial charge in [-0.05, 0) is 80.1 Å². The van der Waals surface area contributed by atoms with Crippen LogP contribution < -0.4 is 14.2 Å². The molecule has 6 nitrogen and oxygen atoms in total. The normalized spacial score (nSPS) is 11.1. The highest BCUT2D eigenvalue weighted by Crippen LogP contribution is 2.33. The molecular weight excluding hydrogens is 512 g/mol. The fourth-order valence-corrected chi connectivity index (χ4v) is 3.88. The van der Waals surface area contributed by atoms with E-state index in [1.807, 2.05) is 19.1 Å². The maximum Gasteiger partial charge on any atom is 0.347 e. The molecule has 0 amide bonds. The number of esters is 1. The van der Waals surface area contributed by atoms with Gasteiger partial charge in [-0.25, -0.2) is 4.79 Å². The van der Waals surface area contributed by atoms with Crippen LogP contribution in [0.4, 0.5) is 0 Å².